The Hall–Kier alpha value is -0.960. The fraction of sp³-hybridized carbons (Fsp3) is 0.636. The summed E-state index contributed by atoms with van der Waals surface area (Å²) < 4.78 is 0. The maximum absolute atomic E-state index is 4.18. The van der Waals surface area contributed by atoms with Crippen molar-refractivity contribution in [1.82, 2.24) is 15.1 Å². The van der Waals surface area contributed by atoms with Crippen LogP contribution in [0.2, 0.25) is 0 Å². The molecular formula is C11H17N3. The summed E-state index contributed by atoms with van der Waals surface area (Å²) in [5, 5.41) is 8.12. The first-order valence-electron chi connectivity index (χ1n) is 5.40. The Morgan fingerprint density at radius 3 is 2.79 bits per heavy atom. The fourth-order valence-corrected chi connectivity index (χ4v) is 2.08. The van der Waals surface area contributed by atoms with E-state index in [0.29, 0.717) is 5.92 Å². The maximum atomic E-state index is 4.18. The highest BCUT2D eigenvalue weighted by Crippen LogP contribution is 2.25. The summed E-state index contributed by atoms with van der Waals surface area (Å²) in [6, 6.07) is 4.08. The highest BCUT2D eigenvalue weighted by atomic mass is 15.1. The molecule has 0 saturated carbocycles. The molecule has 0 bridgehead atoms. The second-order valence-electron chi connectivity index (χ2n) is 3.86. The number of likely N-dealkylation sites (tertiary alicyclic amines) is 1. The summed E-state index contributed by atoms with van der Waals surface area (Å²) in [5.74, 6) is 0.631. The smallest absolute Gasteiger partial charge is 0.0662 e. The number of hydrogen-bond donors (Lipinski definition) is 0. The fourth-order valence-electron chi connectivity index (χ4n) is 2.08. The lowest BCUT2D eigenvalue weighted by atomic mass is 9.93. The monoisotopic (exact) mass is 191 g/mol. The van der Waals surface area contributed by atoms with Gasteiger partial charge in [-0.25, -0.2) is 0 Å². The second kappa shape index (κ2) is 4.51. The van der Waals surface area contributed by atoms with Crippen molar-refractivity contribution in [2.24, 2.45) is 0 Å². The van der Waals surface area contributed by atoms with Crippen LogP contribution < -0.4 is 0 Å². The predicted octanol–water partition coefficient (Wildman–Crippen LogP) is 1.68. The van der Waals surface area contributed by atoms with Gasteiger partial charge < -0.3 is 4.90 Å². The lowest BCUT2D eigenvalue weighted by Gasteiger charge is -2.30. The third kappa shape index (κ3) is 2.10. The van der Waals surface area contributed by atoms with Gasteiger partial charge in [0.1, 0.15) is 0 Å². The molecule has 1 aromatic heterocycles. The Morgan fingerprint density at radius 1 is 1.43 bits per heavy atom. The van der Waals surface area contributed by atoms with Gasteiger partial charge in [-0.15, -0.1) is 0 Å². The molecule has 3 nitrogen and oxygen atoms in total. The lowest BCUT2D eigenvalue weighted by molar-refractivity contribution is 0.220. The van der Waals surface area contributed by atoms with E-state index in [9.17, 15) is 0 Å². The van der Waals surface area contributed by atoms with Crippen LogP contribution >= 0.6 is 0 Å². The Bertz CT molecular complexity index is 265. The number of rotatable bonds is 2. The summed E-state index contributed by atoms with van der Waals surface area (Å²) in [6.45, 7) is 5.81. The van der Waals surface area contributed by atoms with Gasteiger partial charge >= 0.3 is 0 Å². The summed E-state index contributed by atoms with van der Waals surface area (Å²) in [7, 11) is 0. The molecule has 0 aromatic carbocycles. The van der Waals surface area contributed by atoms with Crippen molar-refractivity contribution in [3.63, 3.8) is 0 Å². The molecule has 14 heavy (non-hydrogen) atoms. The highest BCUT2D eigenvalue weighted by Gasteiger charge is 2.20. The summed E-state index contributed by atoms with van der Waals surface area (Å²) in [5.41, 5.74) is 1.17. The van der Waals surface area contributed by atoms with Crippen LogP contribution in [0.4, 0.5) is 0 Å². The van der Waals surface area contributed by atoms with E-state index in [1.807, 2.05) is 6.07 Å². The lowest BCUT2D eigenvalue weighted by Crippen LogP contribution is -2.32. The van der Waals surface area contributed by atoms with Crippen LogP contribution in [0, 0.1) is 0 Å². The Kier molecular flexibility index (Phi) is 3.09. The summed E-state index contributed by atoms with van der Waals surface area (Å²) in [6.07, 6.45) is 4.20. The van der Waals surface area contributed by atoms with Gasteiger partial charge in [0, 0.05) is 12.1 Å². The predicted molar refractivity (Wildman–Crippen MR) is 56.1 cm³/mol. The second-order valence-corrected chi connectivity index (χ2v) is 3.86. The zero-order valence-electron chi connectivity index (χ0n) is 8.69. The van der Waals surface area contributed by atoms with Crippen LogP contribution in [0.15, 0.2) is 18.3 Å². The molecule has 76 valence electrons. The van der Waals surface area contributed by atoms with E-state index in [0.717, 1.165) is 0 Å². The van der Waals surface area contributed by atoms with Gasteiger partial charge in [-0.2, -0.15) is 10.2 Å². The van der Waals surface area contributed by atoms with Crippen molar-refractivity contribution in [2.75, 3.05) is 19.6 Å². The molecule has 0 amide bonds. The van der Waals surface area contributed by atoms with Crippen LogP contribution in [0.3, 0.4) is 0 Å². The Balaban J connectivity index is 1.96. The van der Waals surface area contributed by atoms with E-state index in [2.05, 4.69) is 28.1 Å². The van der Waals surface area contributed by atoms with E-state index in [1.54, 1.807) is 6.20 Å². The van der Waals surface area contributed by atoms with Crippen LogP contribution in [0.5, 0.6) is 0 Å². The molecule has 0 atom stereocenters. The standard InChI is InChI=1S/C11H17N3/c1-2-14-8-5-10(6-9-14)11-4-3-7-12-13-11/h3-4,7,10H,2,5-6,8-9H2,1H3. The molecule has 1 aromatic rings. The number of piperidine rings is 1. The molecule has 0 unspecified atom stereocenters. The van der Waals surface area contributed by atoms with Crippen LogP contribution in [-0.2, 0) is 0 Å². The Labute approximate surface area is 85.1 Å². The van der Waals surface area contributed by atoms with Crippen LogP contribution in [0.1, 0.15) is 31.4 Å². The minimum atomic E-state index is 0.631. The van der Waals surface area contributed by atoms with Gasteiger partial charge in [-0.1, -0.05) is 6.92 Å². The third-order valence-corrected chi connectivity index (χ3v) is 3.05. The first kappa shape index (κ1) is 9.59. The van der Waals surface area contributed by atoms with E-state index in [-0.39, 0.29) is 0 Å². The van der Waals surface area contributed by atoms with Crippen molar-refractivity contribution in [2.45, 2.75) is 25.7 Å². The summed E-state index contributed by atoms with van der Waals surface area (Å²) in [4.78, 5) is 2.49. The number of nitrogens with zero attached hydrogens (tertiary/aromatic N) is 3. The van der Waals surface area contributed by atoms with Gasteiger partial charge in [0.2, 0.25) is 0 Å². The highest BCUT2D eigenvalue weighted by molar-refractivity contribution is 5.07. The Morgan fingerprint density at radius 2 is 2.21 bits per heavy atom. The maximum Gasteiger partial charge on any atom is 0.0662 e. The first-order valence-corrected chi connectivity index (χ1v) is 5.40. The largest absolute Gasteiger partial charge is 0.304 e. The average Bonchev–Trinajstić information content (AvgIpc) is 2.30. The van der Waals surface area contributed by atoms with Gasteiger partial charge in [0.25, 0.3) is 0 Å². The molecule has 0 spiro atoms. The van der Waals surface area contributed by atoms with Crippen molar-refractivity contribution < 1.29 is 0 Å². The van der Waals surface area contributed by atoms with Crippen molar-refractivity contribution in [1.29, 1.82) is 0 Å². The molecule has 1 aliphatic rings. The molecule has 2 heterocycles. The van der Waals surface area contributed by atoms with Crippen molar-refractivity contribution in [3.8, 4) is 0 Å². The van der Waals surface area contributed by atoms with E-state index in [1.165, 1.54) is 38.2 Å². The molecule has 1 aliphatic heterocycles. The van der Waals surface area contributed by atoms with E-state index >= 15 is 0 Å². The minimum absolute atomic E-state index is 0.631. The molecule has 0 radical (unpaired) electrons. The van der Waals surface area contributed by atoms with E-state index < -0.39 is 0 Å². The molecule has 2 rings (SSSR count). The van der Waals surface area contributed by atoms with Gasteiger partial charge in [-0.05, 0) is 44.6 Å². The van der Waals surface area contributed by atoms with Gasteiger partial charge in [0.15, 0.2) is 0 Å². The number of aromatic nitrogens is 2. The van der Waals surface area contributed by atoms with Crippen molar-refractivity contribution >= 4 is 0 Å². The first-order chi connectivity index (χ1) is 6.90. The van der Waals surface area contributed by atoms with E-state index in [4.69, 9.17) is 0 Å². The molecular weight excluding hydrogens is 174 g/mol. The molecule has 1 fully saturated rings. The minimum Gasteiger partial charge on any atom is -0.304 e. The normalized spacial score (nSPS) is 19.8. The molecule has 0 N–H and O–H groups in total. The van der Waals surface area contributed by atoms with Crippen molar-refractivity contribution in [3.05, 3.63) is 24.0 Å². The quantitative estimate of drug-likeness (QED) is 0.712. The van der Waals surface area contributed by atoms with Crippen LogP contribution in [0.25, 0.3) is 0 Å². The topological polar surface area (TPSA) is 29.0 Å². The zero-order chi connectivity index (χ0) is 9.80. The SMILES string of the molecule is CCN1CCC(c2cccnn2)CC1. The third-order valence-electron chi connectivity index (χ3n) is 3.05. The van der Waals surface area contributed by atoms with Gasteiger partial charge in [0.05, 0.1) is 5.69 Å². The zero-order valence-corrected chi connectivity index (χ0v) is 8.69. The number of hydrogen-bond acceptors (Lipinski definition) is 3. The molecule has 0 aliphatic carbocycles. The molecule has 3 heteroatoms. The summed E-state index contributed by atoms with van der Waals surface area (Å²) >= 11 is 0. The molecule has 1 saturated heterocycles. The average molecular weight is 191 g/mol. The van der Waals surface area contributed by atoms with Crippen LogP contribution in [-0.4, -0.2) is 34.7 Å². The van der Waals surface area contributed by atoms with Gasteiger partial charge in [-0.3, -0.25) is 0 Å².